The van der Waals surface area contributed by atoms with Crippen LogP contribution in [0.3, 0.4) is 0 Å². The van der Waals surface area contributed by atoms with Crippen LogP contribution in [-0.2, 0) is 9.47 Å². The number of hydrogen-bond donors (Lipinski definition) is 0. The molecular weight excluding hydrogens is 224 g/mol. The summed E-state index contributed by atoms with van der Waals surface area (Å²) >= 11 is 0. The summed E-state index contributed by atoms with van der Waals surface area (Å²) in [6.45, 7) is 2.77. The van der Waals surface area contributed by atoms with Gasteiger partial charge in [-0.05, 0) is 60.7 Å². The third-order valence-corrected chi connectivity index (χ3v) is 6.45. The molecule has 2 nitrogen and oxygen atoms in total. The average molecular weight is 246 g/mol. The first-order valence-corrected chi connectivity index (χ1v) is 7.78. The minimum absolute atomic E-state index is 0.432. The van der Waals surface area contributed by atoms with E-state index in [1.165, 1.54) is 19.3 Å². The highest BCUT2D eigenvalue weighted by Gasteiger charge is 2.60. The van der Waals surface area contributed by atoms with Gasteiger partial charge >= 0.3 is 0 Å². The normalized spacial score (nSPS) is 58.4. The Labute approximate surface area is 109 Å². The van der Waals surface area contributed by atoms with Gasteiger partial charge in [0.05, 0.1) is 13.2 Å². The SMILES string of the molecule is C1=CC2CC1C1C3CC(COCC4CO4)C(C3)C21. The zero-order valence-corrected chi connectivity index (χ0v) is 10.8. The van der Waals surface area contributed by atoms with Crippen molar-refractivity contribution in [1.82, 2.24) is 0 Å². The van der Waals surface area contributed by atoms with E-state index in [-0.39, 0.29) is 0 Å². The molecule has 0 aromatic heterocycles. The number of hydrogen-bond acceptors (Lipinski definition) is 2. The van der Waals surface area contributed by atoms with Crippen LogP contribution in [0.2, 0.25) is 0 Å². The molecule has 5 aliphatic rings. The fourth-order valence-corrected chi connectivity index (χ4v) is 5.86. The second kappa shape index (κ2) is 3.61. The van der Waals surface area contributed by atoms with Gasteiger partial charge in [-0.1, -0.05) is 12.2 Å². The molecule has 1 heterocycles. The van der Waals surface area contributed by atoms with E-state index in [9.17, 15) is 0 Å². The molecule has 0 radical (unpaired) electrons. The molecule has 8 atom stereocenters. The van der Waals surface area contributed by atoms with Crippen LogP contribution in [0, 0.1) is 41.4 Å². The average Bonchev–Trinajstić information content (AvgIpc) is 2.83. The molecule has 8 unspecified atom stereocenters. The molecule has 5 rings (SSSR count). The topological polar surface area (TPSA) is 21.8 Å². The van der Waals surface area contributed by atoms with Gasteiger partial charge in [0.25, 0.3) is 0 Å². The second-order valence-electron chi connectivity index (χ2n) is 7.25. The first-order chi connectivity index (χ1) is 8.90. The van der Waals surface area contributed by atoms with E-state index in [0.717, 1.165) is 61.2 Å². The molecule has 0 N–H and O–H groups in total. The van der Waals surface area contributed by atoms with Gasteiger partial charge in [-0.2, -0.15) is 0 Å². The minimum atomic E-state index is 0.432. The van der Waals surface area contributed by atoms with Crippen molar-refractivity contribution in [2.24, 2.45) is 41.4 Å². The predicted molar refractivity (Wildman–Crippen MR) is 68.0 cm³/mol. The van der Waals surface area contributed by atoms with Crippen LogP contribution in [-0.4, -0.2) is 25.9 Å². The van der Waals surface area contributed by atoms with Gasteiger partial charge in [-0.3, -0.25) is 0 Å². The molecule has 3 saturated carbocycles. The number of epoxide rings is 1. The van der Waals surface area contributed by atoms with Gasteiger partial charge in [-0.25, -0.2) is 0 Å². The largest absolute Gasteiger partial charge is 0.378 e. The Balaban J connectivity index is 1.27. The van der Waals surface area contributed by atoms with E-state index in [1.54, 1.807) is 0 Å². The lowest BCUT2D eigenvalue weighted by Gasteiger charge is -2.36. The number of rotatable bonds is 4. The van der Waals surface area contributed by atoms with Crippen molar-refractivity contribution in [3.8, 4) is 0 Å². The Morgan fingerprint density at radius 1 is 1.00 bits per heavy atom. The van der Waals surface area contributed by atoms with E-state index >= 15 is 0 Å². The molecule has 1 saturated heterocycles. The summed E-state index contributed by atoms with van der Waals surface area (Å²) < 4.78 is 11.1. The monoisotopic (exact) mass is 246 g/mol. The Bertz CT molecular complexity index is 387. The number of allylic oxidation sites excluding steroid dienone is 2. The fourth-order valence-electron chi connectivity index (χ4n) is 5.86. The van der Waals surface area contributed by atoms with Gasteiger partial charge in [-0.15, -0.1) is 0 Å². The van der Waals surface area contributed by atoms with Crippen LogP contribution >= 0.6 is 0 Å². The smallest absolute Gasteiger partial charge is 0.104 e. The lowest BCUT2D eigenvalue weighted by molar-refractivity contribution is 0.0403. The Morgan fingerprint density at radius 2 is 1.83 bits per heavy atom. The maximum atomic E-state index is 5.88. The minimum Gasteiger partial charge on any atom is -0.378 e. The summed E-state index contributed by atoms with van der Waals surface area (Å²) in [5, 5.41) is 0. The van der Waals surface area contributed by atoms with Gasteiger partial charge in [0.15, 0.2) is 0 Å². The molecule has 18 heavy (non-hydrogen) atoms. The summed E-state index contributed by atoms with van der Waals surface area (Å²) in [5.74, 6) is 6.87. The van der Waals surface area contributed by atoms with Crippen LogP contribution in [0.15, 0.2) is 12.2 Å². The van der Waals surface area contributed by atoms with Crippen molar-refractivity contribution >= 4 is 0 Å². The molecule has 0 aromatic rings. The van der Waals surface area contributed by atoms with Crippen molar-refractivity contribution in [1.29, 1.82) is 0 Å². The van der Waals surface area contributed by atoms with Crippen molar-refractivity contribution < 1.29 is 9.47 Å². The highest BCUT2D eigenvalue weighted by Crippen LogP contribution is 2.66. The maximum absolute atomic E-state index is 5.88. The third-order valence-electron chi connectivity index (χ3n) is 6.45. The van der Waals surface area contributed by atoms with Crippen molar-refractivity contribution in [3.63, 3.8) is 0 Å². The van der Waals surface area contributed by atoms with E-state index < -0.39 is 0 Å². The number of ether oxygens (including phenoxy) is 2. The van der Waals surface area contributed by atoms with Crippen LogP contribution in [0.5, 0.6) is 0 Å². The predicted octanol–water partition coefficient (Wildman–Crippen LogP) is 2.50. The standard InChI is InChI=1S/C16H22O2/c1-2-10-3-9(1)15-11-4-12(14(5-11)16(10)15)6-17-7-13-8-18-13/h1-2,9-16H,3-8H2. The fraction of sp³-hybridized carbons (Fsp3) is 0.875. The molecule has 2 heteroatoms. The summed E-state index contributed by atoms with van der Waals surface area (Å²) in [7, 11) is 0. The summed E-state index contributed by atoms with van der Waals surface area (Å²) in [6, 6.07) is 0. The lowest BCUT2D eigenvalue weighted by Crippen LogP contribution is -2.33. The first kappa shape index (κ1) is 10.4. The summed E-state index contributed by atoms with van der Waals surface area (Å²) in [5.41, 5.74) is 0. The Morgan fingerprint density at radius 3 is 2.67 bits per heavy atom. The van der Waals surface area contributed by atoms with Crippen LogP contribution < -0.4 is 0 Å². The van der Waals surface area contributed by atoms with Crippen molar-refractivity contribution in [2.45, 2.75) is 25.4 Å². The van der Waals surface area contributed by atoms with Crippen LogP contribution in [0.4, 0.5) is 0 Å². The number of fused-ring (bicyclic) bond motifs is 9. The molecule has 98 valence electrons. The van der Waals surface area contributed by atoms with Crippen molar-refractivity contribution in [3.05, 3.63) is 12.2 Å². The van der Waals surface area contributed by atoms with Gasteiger partial charge in [0, 0.05) is 6.61 Å². The molecule has 0 spiro atoms. The highest BCUT2D eigenvalue weighted by atomic mass is 16.6. The van der Waals surface area contributed by atoms with Gasteiger partial charge in [0.1, 0.15) is 6.10 Å². The van der Waals surface area contributed by atoms with Gasteiger partial charge in [0.2, 0.25) is 0 Å². The third kappa shape index (κ3) is 1.36. The molecular formula is C16H22O2. The van der Waals surface area contributed by atoms with Crippen LogP contribution in [0.25, 0.3) is 0 Å². The van der Waals surface area contributed by atoms with Crippen molar-refractivity contribution in [2.75, 3.05) is 19.8 Å². The Kier molecular flexibility index (Phi) is 2.09. The first-order valence-electron chi connectivity index (χ1n) is 7.78. The molecule has 0 amide bonds. The summed E-state index contributed by atoms with van der Waals surface area (Å²) in [4.78, 5) is 0. The lowest BCUT2D eigenvalue weighted by atomic mass is 9.69. The van der Waals surface area contributed by atoms with Gasteiger partial charge < -0.3 is 9.47 Å². The summed E-state index contributed by atoms with van der Waals surface area (Å²) in [6.07, 6.45) is 9.94. The van der Waals surface area contributed by atoms with E-state index in [1.807, 2.05) is 0 Å². The van der Waals surface area contributed by atoms with E-state index in [2.05, 4.69) is 12.2 Å². The molecule has 0 aromatic carbocycles. The van der Waals surface area contributed by atoms with Crippen LogP contribution in [0.1, 0.15) is 19.3 Å². The zero-order valence-electron chi connectivity index (χ0n) is 10.8. The molecule has 4 bridgehead atoms. The quantitative estimate of drug-likeness (QED) is 0.432. The van der Waals surface area contributed by atoms with E-state index in [0.29, 0.717) is 6.10 Å². The second-order valence-corrected chi connectivity index (χ2v) is 7.25. The Hall–Kier alpha value is -0.340. The molecule has 4 fully saturated rings. The zero-order chi connectivity index (χ0) is 11.7. The molecule has 4 aliphatic carbocycles. The molecule has 1 aliphatic heterocycles. The highest BCUT2D eigenvalue weighted by molar-refractivity contribution is 5.20. The maximum Gasteiger partial charge on any atom is 0.104 e. The van der Waals surface area contributed by atoms with E-state index in [4.69, 9.17) is 9.47 Å².